The van der Waals surface area contributed by atoms with E-state index in [4.69, 9.17) is 4.74 Å². The van der Waals surface area contributed by atoms with Gasteiger partial charge in [0.25, 0.3) is 0 Å². The van der Waals surface area contributed by atoms with Crippen molar-refractivity contribution in [3.8, 4) is 5.75 Å². The Bertz CT molecular complexity index is 1030. The van der Waals surface area contributed by atoms with Crippen LogP contribution in [0.15, 0.2) is 18.2 Å². The van der Waals surface area contributed by atoms with E-state index >= 15 is 0 Å². The predicted octanol–water partition coefficient (Wildman–Crippen LogP) is 9.01. The predicted molar refractivity (Wildman–Crippen MR) is 112 cm³/mol. The lowest BCUT2D eigenvalue weighted by molar-refractivity contribution is -0.443. The van der Waals surface area contributed by atoms with E-state index in [1.807, 2.05) is 6.92 Å². The Balaban J connectivity index is 2.13. The number of ether oxygens (including phenoxy) is 1. The third-order valence-electron chi connectivity index (χ3n) is 6.81. The number of aryl methyl sites for hydroxylation is 1. The number of carbonyl (C=O) groups excluding carboxylic acids is 1. The quantitative estimate of drug-likeness (QED) is 0.108. The van der Waals surface area contributed by atoms with Gasteiger partial charge in [-0.2, -0.15) is 57.1 Å². The van der Waals surface area contributed by atoms with Crippen LogP contribution in [0.5, 0.6) is 5.75 Å². The summed E-state index contributed by atoms with van der Waals surface area (Å²) < 4.78 is 193. The summed E-state index contributed by atoms with van der Waals surface area (Å²) in [5, 5.41) is 0. The molecule has 2 rings (SSSR count). The largest absolute Gasteiger partial charge is 0.460 e. The van der Waals surface area contributed by atoms with Crippen molar-refractivity contribution in [1.29, 1.82) is 0 Å². The van der Waals surface area contributed by atoms with Crippen molar-refractivity contribution >= 4 is 5.97 Å². The van der Waals surface area contributed by atoms with Crippen molar-refractivity contribution in [3.63, 3.8) is 0 Å². The van der Waals surface area contributed by atoms with Crippen LogP contribution in [0, 0.1) is 17.7 Å². The lowest BCUT2D eigenvalue weighted by Crippen LogP contribution is -2.71. The molecule has 0 unspecified atom stereocenters. The minimum atomic E-state index is -7.96. The van der Waals surface area contributed by atoms with Crippen molar-refractivity contribution in [3.05, 3.63) is 29.6 Å². The van der Waals surface area contributed by atoms with Crippen LogP contribution in [0.2, 0.25) is 0 Å². The number of unbranched alkanes of at least 4 members (excludes halogenated alkanes) is 2. The molecule has 1 aromatic carbocycles. The highest BCUT2D eigenvalue weighted by molar-refractivity contribution is 5.75. The summed E-state index contributed by atoms with van der Waals surface area (Å²) in [6.45, 7) is 1.96. The van der Waals surface area contributed by atoms with E-state index in [9.17, 15) is 66.3 Å². The first-order valence-electron chi connectivity index (χ1n) is 12.0. The van der Waals surface area contributed by atoms with E-state index in [2.05, 4.69) is 0 Å². The fourth-order valence-electron chi connectivity index (χ4n) is 4.28. The highest BCUT2D eigenvalue weighted by atomic mass is 19.4. The van der Waals surface area contributed by atoms with Gasteiger partial charge in [0.2, 0.25) is 0 Å². The summed E-state index contributed by atoms with van der Waals surface area (Å²) in [5.41, 5.74) is 0.588. The van der Waals surface area contributed by atoms with Crippen molar-refractivity contribution in [2.45, 2.75) is 94.1 Å². The fourth-order valence-corrected chi connectivity index (χ4v) is 4.28. The van der Waals surface area contributed by atoms with Crippen molar-refractivity contribution in [1.82, 2.24) is 0 Å². The van der Waals surface area contributed by atoms with Gasteiger partial charge in [-0.1, -0.05) is 25.8 Å². The third kappa shape index (κ3) is 6.00. The van der Waals surface area contributed by atoms with Gasteiger partial charge in [-0.25, -0.2) is 4.39 Å². The maximum absolute atomic E-state index is 14.4. The minimum absolute atomic E-state index is 0.528. The molecular formula is C24H24F14O2. The first-order valence-corrected chi connectivity index (χ1v) is 12.0. The molecule has 0 aromatic heterocycles. The molecule has 0 radical (unpaired) electrons. The number of benzene rings is 1. The molecule has 16 heteroatoms. The highest BCUT2D eigenvalue weighted by Crippen LogP contribution is 2.62. The van der Waals surface area contributed by atoms with E-state index in [1.54, 1.807) is 0 Å². The molecule has 0 heterocycles. The molecule has 0 amide bonds. The molecule has 1 aromatic rings. The van der Waals surface area contributed by atoms with Gasteiger partial charge in [0.15, 0.2) is 11.6 Å². The van der Waals surface area contributed by atoms with Gasteiger partial charge in [0.1, 0.15) is 0 Å². The molecule has 230 valence electrons. The van der Waals surface area contributed by atoms with Crippen LogP contribution in [0.25, 0.3) is 0 Å². The molecule has 0 aliphatic heterocycles. The van der Waals surface area contributed by atoms with Gasteiger partial charge >= 0.3 is 41.8 Å². The highest BCUT2D eigenvalue weighted by Gasteiger charge is 2.91. The Morgan fingerprint density at radius 3 is 1.77 bits per heavy atom. The third-order valence-corrected chi connectivity index (χ3v) is 6.81. The fraction of sp³-hybridized carbons (Fsp3) is 0.708. The second-order valence-corrected chi connectivity index (χ2v) is 9.61. The number of esters is 1. The van der Waals surface area contributed by atoms with Crippen LogP contribution in [0.1, 0.15) is 57.4 Å². The molecule has 2 nitrogen and oxygen atoms in total. The first kappa shape index (κ1) is 33.9. The zero-order chi connectivity index (χ0) is 30.9. The van der Waals surface area contributed by atoms with Gasteiger partial charge < -0.3 is 4.74 Å². The van der Waals surface area contributed by atoms with Gasteiger partial charge in [-0.3, -0.25) is 4.79 Å². The molecule has 0 spiro atoms. The molecule has 40 heavy (non-hydrogen) atoms. The zero-order valence-corrected chi connectivity index (χ0v) is 20.7. The maximum atomic E-state index is 14.4. The van der Waals surface area contributed by atoms with E-state index in [0.29, 0.717) is 12.0 Å². The standard InChI is InChI=1S/C24H24F14O2/c1-2-3-4-5-13-6-11-17(16(25)12-13)40-18(39)14-7-9-15(10-8-14)19(26,27)20(28,29)21(30,31)22(32,33)23(34,35)24(36,37)38/h6,11-12,14-15H,2-5,7-10H2,1H3. The topological polar surface area (TPSA) is 26.3 Å². The molecule has 0 saturated heterocycles. The van der Waals surface area contributed by atoms with Gasteiger partial charge in [-0.05, 0) is 56.2 Å². The Kier molecular flexibility index (Phi) is 9.78. The molecule has 0 bridgehead atoms. The van der Waals surface area contributed by atoms with E-state index in [-0.39, 0.29) is 0 Å². The van der Waals surface area contributed by atoms with Crippen molar-refractivity contribution < 1.29 is 71.0 Å². The molecule has 0 atom stereocenters. The normalized spacial score (nSPS) is 20.0. The smallest absolute Gasteiger partial charge is 0.423 e. The lowest BCUT2D eigenvalue weighted by atomic mass is 9.75. The Morgan fingerprint density at radius 1 is 0.775 bits per heavy atom. The minimum Gasteiger partial charge on any atom is -0.423 e. The van der Waals surface area contributed by atoms with E-state index in [1.165, 1.54) is 6.07 Å². The Hall–Kier alpha value is -2.29. The molecule has 1 aliphatic carbocycles. The first-order chi connectivity index (χ1) is 18.1. The molecule has 0 N–H and O–H groups in total. The number of alkyl halides is 13. The number of hydrogen-bond acceptors (Lipinski definition) is 2. The van der Waals surface area contributed by atoms with Gasteiger partial charge in [0.05, 0.1) is 5.92 Å². The van der Waals surface area contributed by atoms with E-state index in [0.717, 1.165) is 31.4 Å². The molecule has 1 saturated carbocycles. The second kappa shape index (κ2) is 11.5. The van der Waals surface area contributed by atoms with Crippen LogP contribution >= 0.6 is 0 Å². The van der Waals surface area contributed by atoms with Gasteiger partial charge in [-0.15, -0.1) is 0 Å². The average molecular weight is 610 g/mol. The van der Waals surface area contributed by atoms with Crippen molar-refractivity contribution in [2.75, 3.05) is 0 Å². The summed E-state index contributed by atoms with van der Waals surface area (Å²) in [4.78, 5) is 12.3. The number of rotatable bonds is 11. The number of halogens is 14. The summed E-state index contributed by atoms with van der Waals surface area (Å²) in [5.74, 6) is -44.1. The van der Waals surface area contributed by atoms with Crippen LogP contribution < -0.4 is 4.74 Å². The van der Waals surface area contributed by atoms with Crippen LogP contribution in [0.4, 0.5) is 61.5 Å². The van der Waals surface area contributed by atoms with Crippen LogP contribution in [-0.4, -0.2) is 41.8 Å². The number of carbonyl (C=O) groups is 1. The Labute approximate surface area is 219 Å². The van der Waals surface area contributed by atoms with Crippen LogP contribution in [0.3, 0.4) is 0 Å². The summed E-state index contributed by atoms with van der Waals surface area (Å²) in [6, 6.07) is 3.67. The second-order valence-electron chi connectivity index (χ2n) is 9.61. The molecular weight excluding hydrogens is 586 g/mol. The average Bonchev–Trinajstić information content (AvgIpc) is 2.84. The van der Waals surface area contributed by atoms with E-state index < -0.39 is 90.8 Å². The summed E-state index contributed by atoms with van der Waals surface area (Å²) >= 11 is 0. The molecule has 1 aliphatic rings. The lowest BCUT2D eigenvalue weighted by Gasteiger charge is -2.43. The zero-order valence-electron chi connectivity index (χ0n) is 20.7. The number of hydrogen-bond donors (Lipinski definition) is 0. The Morgan fingerprint density at radius 2 is 1.30 bits per heavy atom. The molecule has 1 fully saturated rings. The maximum Gasteiger partial charge on any atom is 0.460 e. The monoisotopic (exact) mass is 610 g/mol. The summed E-state index contributed by atoms with van der Waals surface area (Å²) in [7, 11) is 0. The van der Waals surface area contributed by atoms with Crippen molar-refractivity contribution in [2.24, 2.45) is 11.8 Å². The van der Waals surface area contributed by atoms with Gasteiger partial charge in [0, 0.05) is 5.92 Å². The van der Waals surface area contributed by atoms with Crippen LogP contribution in [-0.2, 0) is 11.2 Å². The SMILES string of the molecule is CCCCCc1ccc(OC(=O)C2CCC(C(F)(F)C(F)(F)C(F)(F)C(F)(F)C(F)(F)C(F)(F)F)CC2)c(F)c1. The summed E-state index contributed by atoms with van der Waals surface area (Å²) in [6.07, 6.45) is -8.38.